The number of halogens is 2. The highest BCUT2D eigenvalue weighted by Crippen LogP contribution is 2.33. The topological polar surface area (TPSA) is 59.2 Å². The lowest BCUT2D eigenvalue weighted by molar-refractivity contribution is 0.420. The molecule has 1 N–H and O–H groups in total. The number of aromatic hydroxyl groups is 1. The second-order valence-corrected chi connectivity index (χ2v) is 5.36. The minimum atomic E-state index is -0.487. The maximum absolute atomic E-state index is 13.8. The van der Waals surface area contributed by atoms with Gasteiger partial charge in [-0.1, -0.05) is 28.9 Å². The van der Waals surface area contributed by atoms with E-state index in [0.717, 1.165) is 0 Å². The van der Waals surface area contributed by atoms with Gasteiger partial charge in [0.1, 0.15) is 16.4 Å². The van der Waals surface area contributed by atoms with Crippen molar-refractivity contribution < 1.29 is 14.0 Å². The van der Waals surface area contributed by atoms with Gasteiger partial charge in [-0.05, 0) is 23.1 Å². The average molecular weight is 311 g/mol. The minimum Gasteiger partial charge on any atom is -0.506 e. The van der Waals surface area contributed by atoms with Crippen LogP contribution >= 0.6 is 22.9 Å². The van der Waals surface area contributed by atoms with Gasteiger partial charge < -0.3 is 9.63 Å². The maximum atomic E-state index is 13.8. The van der Waals surface area contributed by atoms with Gasteiger partial charge in [-0.3, -0.25) is 0 Å². The molecule has 0 aliphatic heterocycles. The van der Waals surface area contributed by atoms with E-state index in [1.165, 1.54) is 17.4 Å². The van der Waals surface area contributed by atoms with Crippen molar-refractivity contribution in [2.24, 2.45) is 0 Å². The van der Waals surface area contributed by atoms with Gasteiger partial charge in [0.25, 0.3) is 5.89 Å². The van der Waals surface area contributed by atoms with E-state index in [1.54, 1.807) is 23.6 Å². The highest BCUT2D eigenvalue weighted by Gasteiger charge is 2.16. The lowest BCUT2D eigenvalue weighted by Crippen LogP contribution is -1.95. The molecular weight excluding hydrogens is 303 g/mol. The van der Waals surface area contributed by atoms with Crippen molar-refractivity contribution in [3.63, 3.8) is 0 Å². The Morgan fingerprint density at radius 3 is 2.95 bits per heavy atom. The van der Waals surface area contributed by atoms with Crippen LogP contribution in [0.4, 0.5) is 4.39 Å². The van der Waals surface area contributed by atoms with Crippen molar-refractivity contribution >= 4 is 22.9 Å². The molecule has 0 saturated carbocycles. The zero-order valence-electron chi connectivity index (χ0n) is 10.0. The van der Waals surface area contributed by atoms with Crippen LogP contribution in [0, 0.1) is 5.82 Å². The molecule has 4 nitrogen and oxygen atoms in total. The summed E-state index contributed by atoms with van der Waals surface area (Å²) in [6, 6.07) is 6.29. The van der Waals surface area contributed by atoms with Gasteiger partial charge in [-0.15, -0.1) is 11.3 Å². The highest BCUT2D eigenvalue weighted by molar-refractivity contribution is 7.13. The molecule has 2 aromatic heterocycles. The standard InChI is InChI=1S/C13H8ClFN2O2S/c14-8-3-1-2-7(11(8)15)6-10-16-13(19-17-10)12-9(18)4-5-20-12/h1-5,18H,6H2. The summed E-state index contributed by atoms with van der Waals surface area (Å²) >= 11 is 7.00. The van der Waals surface area contributed by atoms with Crippen molar-refractivity contribution in [1.82, 2.24) is 10.1 Å². The fraction of sp³-hybridized carbons (Fsp3) is 0.0769. The minimum absolute atomic E-state index is 0.0575. The van der Waals surface area contributed by atoms with Gasteiger partial charge in [0, 0.05) is 6.42 Å². The third kappa shape index (κ3) is 2.39. The van der Waals surface area contributed by atoms with Crippen molar-refractivity contribution in [3.8, 4) is 16.5 Å². The van der Waals surface area contributed by atoms with Crippen molar-refractivity contribution in [3.05, 3.63) is 51.9 Å². The number of rotatable bonds is 3. The first kappa shape index (κ1) is 13.1. The van der Waals surface area contributed by atoms with E-state index < -0.39 is 5.82 Å². The summed E-state index contributed by atoms with van der Waals surface area (Å²) in [7, 11) is 0. The molecule has 0 atom stereocenters. The summed E-state index contributed by atoms with van der Waals surface area (Å²) in [4.78, 5) is 4.64. The molecule has 0 saturated heterocycles. The predicted molar refractivity (Wildman–Crippen MR) is 73.5 cm³/mol. The highest BCUT2D eigenvalue weighted by atomic mass is 35.5. The Hall–Kier alpha value is -1.92. The molecule has 0 fully saturated rings. The Bertz CT molecular complexity index is 756. The third-order valence-electron chi connectivity index (χ3n) is 2.69. The Morgan fingerprint density at radius 2 is 2.20 bits per heavy atom. The van der Waals surface area contributed by atoms with Crippen LogP contribution in [-0.4, -0.2) is 15.2 Å². The quantitative estimate of drug-likeness (QED) is 0.797. The van der Waals surface area contributed by atoms with E-state index in [9.17, 15) is 9.50 Å². The number of thiophene rings is 1. The molecule has 3 aromatic rings. The summed E-state index contributed by atoms with van der Waals surface area (Å²) in [6.07, 6.45) is 0.169. The van der Waals surface area contributed by atoms with E-state index in [-0.39, 0.29) is 23.1 Å². The molecule has 0 radical (unpaired) electrons. The summed E-state index contributed by atoms with van der Waals surface area (Å²) in [5.74, 6) is 0.141. The Morgan fingerprint density at radius 1 is 1.35 bits per heavy atom. The smallest absolute Gasteiger partial charge is 0.271 e. The van der Waals surface area contributed by atoms with Gasteiger partial charge in [-0.2, -0.15) is 4.98 Å². The normalized spacial score (nSPS) is 10.9. The molecule has 7 heteroatoms. The first-order chi connectivity index (χ1) is 9.65. The van der Waals surface area contributed by atoms with Crippen LogP contribution in [0.1, 0.15) is 11.4 Å². The van der Waals surface area contributed by atoms with Gasteiger partial charge in [0.2, 0.25) is 0 Å². The zero-order chi connectivity index (χ0) is 14.1. The second-order valence-electron chi connectivity index (χ2n) is 4.04. The van der Waals surface area contributed by atoms with Gasteiger partial charge in [0.05, 0.1) is 5.02 Å². The number of nitrogens with zero attached hydrogens (tertiary/aromatic N) is 2. The fourth-order valence-electron chi connectivity index (χ4n) is 1.74. The van der Waals surface area contributed by atoms with Crippen molar-refractivity contribution in [2.75, 3.05) is 0 Å². The Kier molecular flexibility index (Phi) is 3.42. The molecule has 2 heterocycles. The van der Waals surface area contributed by atoms with Crippen molar-refractivity contribution in [2.45, 2.75) is 6.42 Å². The van der Waals surface area contributed by atoms with Crippen LogP contribution in [0.3, 0.4) is 0 Å². The average Bonchev–Trinajstić information content (AvgIpc) is 3.04. The molecule has 20 heavy (non-hydrogen) atoms. The summed E-state index contributed by atoms with van der Waals surface area (Å²) in [5, 5.41) is 15.1. The van der Waals surface area contributed by atoms with Crippen molar-refractivity contribution in [1.29, 1.82) is 0 Å². The fourth-order valence-corrected chi connectivity index (χ4v) is 2.64. The van der Waals surface area contributed by atoms with Crippen LogP contribution < -0.4 is 0 Å². The molecule has 0 aliphatic rings. The molecule has 0 spiro atoms. The monoisotopic (exact) mass is 310 g/mol. The van der Waals surface area contributed by atoms with Gasteiger partial charge in [-0.25, -0.2) is 4.39 Å². The lowest BCUT2D eigenvalue weighted by Gasteiger charge is -2.00. The largest absolute Gasteiger partial charge is 0.506 e. The van der Waals surface area contributed by atoms with Gasteiger partial charge in [0.15, 0.2) is 5.82 Å². The molecule has 0 unspecified atom stereocenters. The zero-order valence-corrected chi connectivity index (χ0v) is 11.6. The number of benzene rings is 1. The van der Waals surface area contributed by atoms with Gasteiger partial charge >= 0.3 is 0 Å². The Balaban J connectivity index is 1.88. The Labute approximate surface area is 122 Å². The summed E-state index contributed by atoms with van der Waals surface area (Å²) in [6.45, 7) is 0. The molecular formula is C13H8ClFN2O2S. The van der Waals surface area contributed by atoms with Crippen LogP contribution in [0.25, 0.3) is 10.8 Å². The predicted octanol–water partition coefficient (Wildman–Crippen LogP) is 3.89. The second kappa shape index (κ2) is 5.22. The molecule has 0 bridgehead atoms. The van der Waals surface area contributed by atoms with E-state index in [0.29, 0.717) is 16.3 Å². The lowest BCUT2D eigenvalue weighted by atomic mass is 10.1. The first-order valence-corrected chi connectivity index (χ1v) is 6.93. The van der Waals surface area contributed by atoms with Crippen LogP contribution in [0.5, 0.6) is 5.75 Å². The van der Waals surface area contributed by atoms with E-state index >= 15 is 0 Å². The maximum Gasteiger partial charge on any atom is 0.271 e. The molecule has 0 amide bonds. The van der Waals surface area contributed by atoms with E-state index in [2.05, 4.69) is 10.1 Å². The molecule has 1 aromatic carbocycles. The van der Waals surface area contributed by atoms with Crippen LogP contribution in [0.15, 0.2) is 34.2 Å². The van der Waals surface area contributed by atoms with E-state index in [1.807, 2.05) is 0 Å². The summed E-state index contributed by atoms with van der Waals surface area (Å²) in [5.41, 5.74) is 0.389. The third-order valence-corrected chi connectivity index (χ3v) is 3.87. The van der Waals surface area contributed by atoms with E-state index in [4.69, 9.17) is 16.1 Å². The summed E-state index contributed by atoms with van der Waals surface area (Å²) < 4.78 is 18.8. The number of aromatic nitrogens is 2. The van der Waals surface area contributed by atoms with Crippen LogP contribution in [0.2, 0.25) is 5.02 Å². The van der Waals surface area contributed by atoms with Crippen LogP contribution in [-0.2, 0) is 6.42 Å². The first-order valence-electron chi connectivity index (χ1n) is 5.67. The number of hydrogen-bond donors (Lipinski definition) is 1. The molecule has 102 valence electrons. The number of hydrogen-bond acceptors (Lipinski definition) is 5. The molecule has 0 aliphatic carbocycles. The SMILES string of the molecule is Oc1ccsc1-c1nc(Cc2cccc(Cl)c2F)no1. The molecule has 3 rings (SSSR count).